The molecule has 0 saturated carbocycles. The number of rotatable bonds is 6. The molecule has 34 heavy (non-hydrogen) atoms. The zero-order chi connectivity index (χ0) is 25.8. The zero-order valence-corrected chi connectivity index (χ0v) is 21.8. The lowest BCUT2D eigenvalue weighted by atomic mass is 9.99. The monoisotopic (exact) mass is 487 g/mol. The molecule has 7 nitrogen and oxygen atoms in total. The molecule has 8 heteroatoms. The number of hydrogen-bond acceptors (Lipinski definition) is 4. The summed E-state index contributed by atoms with van der Waals surface area (Å²) in [6.45, 7) is 12.5. The third kappa shape index (κ3) is 7.22. The largest absolute Gasteiger partial charge is 0.444 e. The molecular weight excluding hydrogens is 454 g/mol. The predicted octanol–water partition coefficient (Wildman–Crippen LogP) is 5.32. The van der Waals surface area contributed by atoms with Crippen molar-refractivity contribution in [2.75, 3.05) is 12.4 Å². The number of carbonyl (C=O) groups excluding carboxylic acids is 3. The Hall–Kier alpha value is -3.06. The van der Waals surface area contributed by atoms with Crippen molar-refractivity contribution in [2.45, 2.75) is 66.2 Å². The van der Waals surface area contributed by atoms with Crippen LogP contribution in [0.2, 0.25) is 5.02 Å². The lowest BCUT2D eigenvalue weighted by Crippen LogP contribution is -2.49. The van der Waals surface area contributed by atoms with Crippen LogP contribution in [0, 0.1) is 20.8 Å². The number of benzene rings is 2. The van der Waals surface area contributed by atoms with E-state index in [1.165, 1.54) is 11.9 Å². The molecule has 2 atom stereocenters. The van der Waals surface area contributed by atoms with Crippen LogP contribution >= 0.6 is 11.6 Å². The van der Waals surface area contributed by atoms with Gasteiger partial charge in [0.25, 0.3) is 5.91 Å². The maximum Gasteiger partial charge on any atom is 0.408 e. The third-order valence-corrected chi connectivity index (χ3v) is 5.43. The minimum Gasteiger partial charge on any atom is -0.444 e. The fourth-order valence-electron chi connectivity index (χ4n) is 3.68. The first-order valence-corrected chi connectivity index (χ1v) is 11.5. The second-order valence-electron chi connectivity index (χ2n) is 9.56. The first-order valence-electron chi connectivity index (χ1n) is 11.1. The van der Waals surface area contributed by atoms with Crippen LogP contribution in [0.1, 0.15) is 56.0 Å². The van der Waals surface area contributed by atoms with Crippen LogP contribution in [0.5, 0.6) is 0 Å². The van der Waals surface area contributed by atoms with E-state index in [1.807, 2.05) is 45.0 Å². The van der Waals surface area contributed by atoms with Gasteiger partial charge in [-0.05, 0) is 65.7 Å². The van der Waals surface area contributed by atoms with Crippen molar-refractivity contribution in [3.63, 3.8) is 0 Å². The average Bonchev–Trinajstić information content (AvgIpc) is 2.68. The number of nitrogens with zero attached hydrogens (tertiary/aromatic N) is 1. The van der Waals surface area contributed by atoms with E-state index < -0.39 is 35.6 Å². The highest BCUT2D eigenvalue weighted by Gasteiger charge is 2.33. The van der Waals surface area contributed by atoms with Crippen molar-refractivity contribution in [1.82, 2.24) is 10.2 Å². The molecule has 0 aromatic heterocycles. The summed E-state index contributed by atoms with van der Waals surface area (Å²) >= 11 is 6.32. The number of likely N-dealkylation sites (N-methyl/N-ethyl adjacent to an activating group) is 1. The standard InChI is InChI=1S/C26H34ClN3O4/c1-15-12-16(2)14-19(13-15)22(23(31)29-21-17(3)10-9-11-20(21)27)30(8)24(32)18(4)28-25(33)34-26(5,6)7/h9-14,18,22H,1-8H3,(H,28,33)(H,29,31). The van der Waals surface area contributed by atoms with Gasteiger partial charge in [-0.1, -0.05) is 53.1 Å². The van der Waals surface area contributed by atoms with E-state index in [9.17, 15) is 14.4 Å². The van der Waals surface area contributed by atoms with Crippen LogP contribution in [0.3, 0.4) is 0 Å². The second kappa shape index (κ2) is 10.9. The molecule has 0 saturated heterocycles. The molecule has 0 aliphatic rings. The molecule has 0 bridgehead atoms. The van der Waals surface area contributed by atoms with E-state index in [1.54, 1.807) is 39.8 Å². The van der Waals surface area contributed by atoms with Gasteiger partial charge in [0.15, 0.2) is 0 Å². The maximum atomic E-state index is 13.5. The van der Waals surface area contributed by atoms with Gasteiger partial charge in [-0.3, -0.25) is 9.59 Å². The van der Waals surface area contributed by atoms with Gasteiger partial charge in [-0.15, -0.1) is 0 Å². The van der Waals surface area contributed by atoms with Gasteiger partial charge in [0.1, 0.15) is 17.7 Å². The smallest absolute Gasteiger partial charge is 0.408 e. The molecular formula is C26H34ClN3O4. The number of aryl methyl sites for hydroxylation is 3. The molecule has 2 aromatic rings. The van der Waals surface area contributed by atoms with Gasteiger partial charge < -0.3 is 20.3 Å². The van der Waals surface area contributed by atoms with Gasteiger partial charge in [0.05, 0.1) is 10.7 Å². The van der Waals surface area contributed by atoms with Crippen molar-refractivity contribution in [3.05, 3.63) is 63.7 Å². The van der Waals surface area contributed by atoms with Crippen LogP contribution < -0.4 is 10.6 Å². The highest BCUT2D eigenvalue weighted by Crippen LogP contribution is 2.29. The van der Waals surface area contributed by atoms with Crippen LogP contribution in [-0.4, -0.2) is 41.5 Å². The minimum absolute atomic E-state index is 0.404. The molecule has 2 unspecified atom stereocenters. The molecule has 0 radical (unpaired) electrons. The summed E-state index contributed by atoms with van der Waals surface area (Å²) in [5.41, 5.74) is 3.16. The van der Waals surface area contributed by atoms with E-state index in [-0.39, 0.29) is 0 Å². The Morgan fingerprint density at radius 3 is 2.15 bits per heavy atom. The number of amides is 3. The molecule has 184 valence electrons. The lowest BCUT2D eigenvalue weighted by molar-refractivity contribution is -0.138. The fraction of sp³-hybridized carbons (Fsp3) is 0.423. The van der Waals surface area contributed by atoms with Crippen LogP contribution in [0.4, 0.5) is 10.5 Å². The van der Waals surface area contributed by atoms with E-state index in [2.05, 4.69) is 10.6 Å². The molecule has 0 heterocycles. The van der Waals surface area contributed by atoms with Crippen LogP contribution in [0.25, 0.3) is 0 Å². The van der Waals surface area contributed by atoms with Crippen LogP contribution in [0.15, 0.2) is 36.4 Å². The number of carbonyl (C=O) groups is 3. The Morgan fingerprint density at radius 1 is 1.03 bits per heavy atom. The zero-order valence-electron chi connectivity index (χ0n) is 21.1. The molecule has 0 fully saturated rings. The highest BCUT2D eigenvalue weighted by molar-refractivity contribution is 6.34. The van der Waals surface area contributed by atoms with Gasteiger partial charge >= 0.3 is 6.09 Å². The van der Waals surface area contributed by atoms with Gasteiger partial charge in [0, 0.05) is 7.05 Å². The molecule has 2 rings (SSSR count). The van der Waals surface area contributed by atoms with E-state index in [0.29, 0.717) is 16.3 Å². The number of para-hydroxylation sites is 1. The molecule has 0 spiro atoms. The number of nitrogens with one attached hydrogen (secondary N) is 2. The van der Waals surface area contributed by atoms with Gasteiger partial charge in [-0.2, -0.15) is 0 Å². The summed E-state index contributed by atoms with van der Waals surface area (Å²) in [5, 5.41) is 5.84. The summed E-state index contributed by atoms with van der Waals surface area (Å²) in [7, 11) is 1.54. The van der Waals surface area contributed by atoms with Crippen molar-refractivity contribution in [2.24, 2.45) is 0 Å². The topological polar surface area (TPSA) is 87.7 Å². The van der Waals surface area contributed by atoms with Gasteiger partial charge in [0.2, 0.25) is 5.91 Å². The molecule has 2 aromatic carbocycles. The Balaban J connectivity index is 2.38. The number of halogens is 1. The first-order chi connectivity index (χ1) is 15.7. The quantitative estimate of drug-likeness (QED) is 0.577. The molecule has 0 aliphatic carbocycles. The number of anilines is 1. The highest BCUT2D eigenvalue weighted by atomic mass is 35.5. The Bertz CT molecular complexity index is 1040. The second-order valence-corrected chi connectivity index (χ2v) is 9.97. The number of alkyl carbamates (subject to hydrolysis) is 1. The van der Waals surface area contributed by atoms with Crippen molar-refractivity contribution < 1.29 is 19.1 Å². The SMILES string of the molecule is Cc1cc(C)cc(C(C(=O)Nc2c(C)cccc2Cl)N(C)C(=O)C(C)NC(=O)OC(C)(C)C)c1. The Kier molecular flexibility index (Phi) is 8.72. The predicted molar refractivity (Wildman–Crippen MR) is 135 cm³/mol. The van der Waals surface area contributed by atoms with E-state index >= 15 is 0 Å². The van der Waals surface area contributed by atoms with Crippen molar-refractivity contribution in [1.29, 1.82) is 0 Å². The van der Waals surface area contributed by atoms with Crippen molar-refractivity contribution in [3.8, 4) is 0 Å². The first kappa shape index (κ1) is 27.2. The number of hydrogen-bond donors (Lipinski definition) is 2. The summed E-state index contributed by atoms with van der Waals surface area (Å²) < 4.78 is 5.25. The normalized spacial score (nSPS) is 13.0. The minimum atomic E-state index is -0.954. The maximum absolute atomic E-state index is 13.5. The molecule has 3 amide bonds. The van der Waals surface area contributed by atoms with E-state index in [0.717, 1.165) is 16.7 Å². The van der Waals surface area contributed by atoms with Crippen LogP contribution in [-0.2, 0) is 14.3 Å². The Morgan fingerprint density at radius 2 is 1.62 bits per heavy atom. The summed E-state index contributed by atoms with van der Waals surface area (Å²) in [5.74, 6) is -0.859. The molecule has 0 aliphatic heterocycles. The summed E-state index contributed by atoms with van der Waals surface area (Å²) in [6.07, 6.45) is -0.708. The number of ether oxygens (including phenoxy) is 1. The van der Waals surface area contributed by atoms with E-state index in [4.69, 9.17) is 16.3 Å². The van der Waals surface area contributed by atoms with Crippen molar-refractivity contribution >= 4 is 35.2 Å². The van der Waals surface area contributed by atoms with Gasteiger partial charge in [-0.25, -0.2) is 4.79 Å². The fourth-order valence-corrected chi connectivity index (χ4v) is 3.95. The Labute approximate surface area is 206 Å². The summed E-state index contributed by atoms with van der Waals surface area (Å²) in [4.78, 5) is 40.3. The third-order valence-electron chi connectivity index (χ3n) is 5.12. The average molecular weight is 488 g/mol. The summed E-state index contributed by atoms with van der Waals surface area (Å²) in [6, 6.07) is 9.19. The molecule has 2 N–H and O–H groups in total. The lowest BCUT2D eigenvalue weighted by Gasteiger charge is -2.31.